The van der Waals surface area contributed by atoms with Gasteiger partial charge in [0.05, 0.1) is 16.0 Å². The van der Waals surface area contributed by atoms with Crippen LogP contribution in [0.15, 0.2) is 107 Å². The van der Waals surface area contributed by atoms with Crippen molar-refractivity contribution in [1.82, 2.24) is 3.71 Å². The van der Waals surface area contributed by atoms with Gasteiger partial charge in [-0.15, -0.1) is 0 Å². The number of hydrogen-bond acceptors (Lipinski definition) is 4. The van der Waals surface area contributed by atoms with Gasteiger partial charge in [-0.1, -0.05) is 101 Å². The van der Waals surface area contributed by atoms with Gasteiger partial charge in [-0.25, -0.2) is 16.8 Å². The Morgan fingerprint density at radius 2 is 1.17 bits per heavy atom. The summed E-state index contributed by atoms with van der Waals surface area (Å²) >= 11 is 0. The van der Waals surface area contributed by atoms with Gasteiger partial charge in [0.15, 0.2) is 0 Å². The molecule has 0 unspecified atom stereocenters. The van der Waals surface area contributed by atoms with Gasteiger partial charge in [-0.3, -0.25) is 0 Å². The van der Waals surface area contributed by atoms with Crippen LogP contribution in [-0.2, 0) is 25.5 Å². The van der Waals surface area contributed by atoms with Gasteiger partial charge < -0.3 is 0 Å². The molecule has 0 aliphatic carbocycles. The summed E-state index contributed by atoms with van der Waals surface area (Å²) in [7, 11) is -8.85. The predicted molar refractivity (Wildman–Crippen MR) is 141 cm³/mol. The molecule has 0 atom stereocenters. The maximum Gasteiger partial charge on any atom is 0.277 e. The number of allylic oxidation sites excluding steroid dienone is 1. The van der Waals surface area contributed by atoms with Crippen LogP contribution in [0, 0.1) is 5.92 Å². The van der Waals surface area contributed by atoms with Gasteiger partial charge in [-0.05, 0) is 46.7 Å². The Morgan fingerprint density at radius 3 is 1.54 bits per heavy atom. The summed E-state index contributed by atoms with van der Waals surface area (Å²) in [4.78, 5) is -0.253. The van der Waals surface area contributed by atoms with E-state index in [1.807, 2.05) is 38.1 Å². The predicted octanol–water partition coefficient (Wildman–Crippen LogP) is 6.22. The molecule has 0 saturated heterocycles. The van der Waals surface area contributed by atoms with E-state index in [4.69, 9.17) is 0 Å². The van der Waals surface area contributed by atoms with Crippen LogP contribution in [0.3, 0.4) is 0 Å². The Bertz CT molecular complexity index is 1360. The van der Waals surface area contributed by atoms with E-state index in [2.05, 4.69) is 26.5 Å². The minimum Gasteiger partial charge on any atom is -0.200 e. The van der Waals surface area contributed by atoms with Gasteiger partial charge in [0.2, 0.25) is 0 Å². The van der Waals surface area contributed by atoms with Crippen molar-refractivity contribution in [2.24, 2.45) is 5.92 Å². The molecular formula is C28H31NO4S2. The summed E-state index contributed by atoms with van der Waals surface area (Å²) in [6.07, 6.45) is 1.03. The van der Waals surface area contributed by atoms with E-state index in [-0.39, 0.29) is 21.1 Å². The van der Waals surface area contributed by atoms with Crippen LogP contribution in [0.5, 0.6) is 0 Å². The lowest BCUT2D eigenvalue weighted by Crippen LogP contribution is -2.32. The van der Waals surface area contributed by atoms with E-state index in [1.54, 1.807) is 36.4 Å². The molecule has 0 heterocycles. The first-order valence-electron chi connectivity index (χ1n) is 11.3. The maximum atomic E-state index is 13.5. The standard InChI is InChI=1S/C28H31NO4S2/c1-22(2)27(23-16-18-24(19-17-23)28(3,4)5)20-21-29(34(30,31)25-12-8-6-9-13-25)35(32,33)26-14-10-7-11-15-26/h6-19,21-22H,1-5H3. The minimum absolute atomic E-state index is 0.0135. The monoisotopic (exact) mass is 509 g/mol. The fourth-order valence-electron chi connectivity index (χ4n) is 3.52. The normalized spacial score (nSPS) is 12.2. The van der Waals surface area contributed by atoms with Crippen molar-refractivity contribution in [3.63, 3.8) is 0 Å². The van der Waals surface area contributed by atoms with Crippen molar-refractivity contribution in [1.29, 1.82) is 0 Å². The summed E-state index contributed by atoms with van der Waals surface area (Å²) < 4.78 is 54.4. The Balaban J connectivity index is 2.22. The van der Waals surface area contributed by atoms with E-state index in [0.717, 1.165) is 17.3 Å². The van der Waals surface area contributed by atoms with Crippen LogP contribution in [0.1, 0.15) is 45.7 Å². The molecule has 0 N–H and O–H groups in total. The second kappa shape index (κ2) is 10.2. The van der Waals surface area contributed by atoms with Crippen molar-refractivity contribution in [2.75, 3.05) is 0 Å². The second-order valence-electron chi connectivity index (χ2n) is 9.53. The molecule has 0 spiro atoms. The van der Waals surface area contributed by atoms with Crippen LogP contribution in [0.4, 0.5) is 0 Å². The second-order valence-corrected chi connectivity index (χ2v) is 13.4. The van der Waals surface area contributed by atoms with Gasteiger partial charge >= 0.3 is 0 Å². The molecule has 0 radical (unpaired) electrons. The quantitative estimate of drug-likeness (QED) is 0.355. The molecule has 0 aliphatic rings. The minimum atomic E-state index is -4.42. The van der Waals surface area contributed by atoms with Crippen LogP contribution in [-0.4, -0.2) is 20.5 Å². The molecule has 3 aromatic rings. The first kappa shape index (κ1) is 26.5. The zero-order valence-electron chi connectivity index (χ0n) is 20.6. The molecule has 184 valence electrons. The summed E-state index contributed by atoms with van der Waals surface area (Å²) in [5.74, 6) is -0.0348. The highest BCUT2D eigenvalue weighted by atomic mass is 32.3. The zero-order valence-corrected chi connectivity index (χ0v) is 22.3. The van der Waals surface area contributed by atoms with E-state index in [9.17, 15) is 16.8 Å². The van der Waals surface area contributed by atoms with Crippen LogP contribution in [0.2, 0.25) is 0 Å². The van der Waals surface area contributed by atoms with E-state index in [1.165, 1.54) is 24.3 Å². The first-order chi connectivity index (χ1) is 16.3. The Kier molecular flexibility index (Phi) is 7.75. The van der Waals surface area contributed by atoms with Crippen molar-refractivity contribution in [3.05, 3.63) is 108 Å². The zero-order chi connectivity index (χ0) is 25.9. The fourth-order valence-corrected chi connectivity index (χ4v) is 6.87. The fraction of sp³-hybridized carbons (Fsp3) is 0.250. The van der Waals surface area contributed by atoms with E-state index >= 15 is 0 Å². The summed E-state index contributed by atoms with van der Waals surface area (Å²) in [5.41, 5.74) is 5.69. The summed E-state index contributed by atoms with van der Waals surface area (Å²) in [5, 5.41) is 0. The topological polar surface area (TPSA) is 71.5 Å². The third-order valence-electron chi connectivity index (χ3n) is 5.52. The highest BCUT2D eigenvalue weighted by Crippen LogP contribution is 2.29. The number of hydrogen-bond donors (Lipinski definition) is 0. The van der Waals surface area contributed by atoms with Crippen molar-refractivity contribution in [3.8, 4) is 0 Å². The SMILES string of the molecule is CC(C)C(=C=CN(S(=O)(=O)c1ccccc1)S(=O)(=O)c1ccccc1)c1ccc(C(C)(C)C)cc1. The molecule has 5 nitrogen and oxygen atoms in total. The van der Waals surface area contributed by atoms with Gasteiger partial charge in [0, 0.05) is 5.57 Å². The lowest BCUT2D eigenvalue weighted by Gasteiger charge is -2.21. The van der Waals surface area contributed by atoms with Crippen molar-refractivity contribution < 1.29 is 16.8 Å². The molecule has 3 aromatic carbocycles. The van der Waals surface area contributed by atoms with Crippen LogP contribution >= 0.6 is 0 Å². The Hall–Kier alpha value is -3.12. The Labute approximate surface area is 209 Å². The van der Waals surface area contributed by atoms with Crippen LogP contribution in [0.25, 0.3) is 5.57 Å². The number of benzene rings is 3. The third-order valence-corrected chi connectivity index (χ3v) is 9.59. The van der Waals surface area contributed by atoms with Crippen molar-refractivity contribution in [2.45, 2.75) is 49.8 Å². The molecule has 0 fully saturated rings. The summed E-state index contributed by atoms with van der Waals surface area (Å²) in [6, 6.07) is 23.0. The molecule has 0 aromatic heterocycles. The summed E-state index contributed by atoms with van der Waals surface area (Å²) in [6.45, 7) is 10.3. The smallest absolute Gasteiger partial charge is 0.200 e. The Morgan fingerprint density at radius 1 is 0.743 bits per heavy atom. The highest BCUT2D eigenvalue weighted by molar-refractivity contribution is 8.04. The number of sulfonamides is 2. The molecule has 3 rings (SSSR count). The van der Waals surface area contributed by atoms with Gasteiger partial charge in [0.25, 0.3) is 20.0 Å². The van der Waals surface area contributed by atoms with Gasteiger partial charge in [0.1, 0.15) is 0 Å². The molecule has 0 bridgehead atoms. The maximum absolute atomic E-state index is 13.5. The average Bonchev–Trinajstić information content (AvgIpc) is 2.82. The largest absolute Gasteiger partial charge is 0.277 e. The number of rotatable bonds is 7. The average molecular weight is 510 g/mol. The first-order valence-corrected chi connectivity index (χ1v) is 14.2. The van der Waals surface area contributed by atoms with Crippen molar-refractivity contribution >= 4 is 25.6 Å². The molecule has 0 saturated carbocycles. The number of nitrogens with zero attached hydrogens (tertiary/aromatic N) is 1. The van der Waals surface area contributed by atoms with Gasteiger partial charge in [-0.2, -0.15) is 3.71 Å². The molecule has 0 amide bonds. The molecule has 7 heteroatoms. The van der Waals surface area contributed by atoms with E-state index in [0.29, 0.717) is 9.28 Å². The molecular weight excluding hydrogens is 478 g/mol. The molecule has 35 heavy (non-hydrogen) atoms. The lowest BCUT2D eigenvalue weighted by atomic mass is 9.85. The van der Waals surface area contributed by atoms with E-state index < -0.39 is 20.0 Å². The third kappa shape index (κ3) is 5.93. The highest BCUT2D eigenvalue weighted by Gasteiger charge is 2.34. The lowest BCUT2D eigenvalue weighted by molar-refractivity contribution is 0.537. The molecule has 0 aliphatic heterocycles. The van der Waals surface area contributed by atoms with Crippen LogP contribution < -0.4 is 0 Å².